The van der Waals surface area contributed by atoms with Crippen LogP contribution in [0.2, 0.25) is 0 Å². The summed E-state index contributed by atoms with van der Waals surface area (Å²) < 4.78 is 15.1. The van der Waals surface area contributed by atoms with Gasteiger partial charge in [0.1, 0.15) is 11.5 Å². The first-order valence-corrected chi connectivity index (χ1v) is 12.6. The number of aromatic amines is 1. The summed E-state index contributed by atoms with van der Waals surface area (Å²) in [5.74, 6) is -0.413. The van der Waals surface area contributed by atoms with Gasteiger partial charge in [-0.3, -0.25) is 9.59 Å². The van der Waals surface area contributed by atoms with Gasteiger partial charge in [0.2, 0.25) is 0 Å². The van der Waals surface area contributed by atoms with Crippen LogP contribution < -0.4 is 0 Å². The number of rotatable bonds is 3. The number of carbonyl (C=O) groups excluding carboxylic acids is 2. The van der Waals surface area contributed by atoms with Crippen molar-refractivity contribution < 1.29 is 14.0 Å². The average molecular weight is 518 g/mol. The van der Waals surface area contributed by atoms with E-state index >= 15 is 0 Å². The zero-order valence-corrected chi connectivity index (χ0v) is 22.5. The maximum Gasteiger partial charge on any atom is 0.289 e. The largest absolute Gasteiger partial charge is 0.340 e. The average Bonchev–Trinajstić information content (AvgIpc) is 3.48. The molecular formula is C28H32FN7O2. The van der Waals surface area contributed by atoms with E-state index in [9.17, 15) is 14.0 Å². The molecule has 1 aliphatic rings. The zero-order valence-electron chi connectivity index (χ0n) is 22.5. The van der Waals surface area contributed by atoms with Gasteiger partial charge >= 0.3 is 0 Å². The lowest BCUT2D eigenvalue weighted by Crippen LogP contribution is -2.62. The van der Waals surface area contributed by atoms with Gasteiger partial charge in [0.25, 0.3) is 11.8 Å². The quantitative estimate of drug-likeness (QED) is 0.438. The normalized spacial score (nSPS) is 15.8. The molecule has 10 heteroatoms. The first kappa shape index (κ1) is 25.6. The molecule has 1 N–H and O–H groups in total. The van der Waals surface area contributed by atoms with E-state index in [2.05, 4.69) is 30.7 Å². The van der Waals surface area contributed by atoms with Crippen molar-refractivity contribution in [3.05, 3.63) is 71.3 Å². The smallest absolute Gasteiger partial charge is 0.289 e. The molecule has 5 rings (SSSR count). The number of carbonyl (C=O) groups is 2. The number of hydrogen-bond acceptors (Lipinski definition) is 5. The van der Waals surface area contributed by atoms with Gasteiger partial charge < -0.3 is 14.8 Å². The number of nitrogens with one attached hydrogen (secondary N) is 1. The first-order valence-electron chi connectivity index (χ1n) is 12.6. The zero-order chi connectivity index (χ0) is 27.4. The molecule has 38 heavy (non-hydrogen) atoms. The second-order valence-electron chi connectivity index (χ2n) is 11.5. The Morgan fingerprint density at radius 1 is 1.05 bits per heavy atom. The molecule has 0 radical (unpaired) electrons. The molecule has 1 aromatic carbocycles. The summed E-state index contributed by atoms with van der Waals surface area (Å²) in [6, 6.07) is 8.13. The van der Waals surface area contributed by atoms with Gasteiger partial charge in [0.15, 0.2) is 11.5 Å². The Labute approximate surface area is 220 Å². The SMILES string of the molecule is Cc1c[nH]c(C(=O)N2CCN(C(=O)c3cn4nc(-c5ccc(F)cc5)cc(C(C)(C)C)c4n3)C(C)(C)C2)n1. The second kappa shape index (κ2) is 9.04. The Bertz CT molecular complexity index is 1530. The Morgan fingerprint density at radius 3 is 2.37 bits per heavy atom. The molecule has 0 atom stereocenters. The highest BCUT2D eigenvalue weighted by Gasteiger charge is 2.40. The van der Waals surface area contributed by atoms with E-state index < -0.39 is 5.54 Å². The maximum atomic E-state index is 13.7. The number of aromatic nitrogens is 5. The van der Waals surface area contributed by atoms with Gasteiger partial charge in [-0.05, 0) is 56.5 Å². The van der Waals surface area contributed by atoms with Gasteiger partial charge in [-0.25, -0.2) is 18.9 Å². The number of benzene rings is 1. The third-order valence-corrected chi connectivity index (χ3v) is 6.94. The molecule has 0 spiro atoms. The summed E-state index contributed by atoms with van der Waals surface area (Å²) >= 11 is 0. The molecule has 0 unspecified atom stereocenters. The minimum Gasteiger partial charge on any atom is -0.340 e. The number of amides is 2. The fourth-order valence-electron chi connectivity index (χ4n) is 4.91. The molecule has 1 saturated heterocycles. The molecule has 0 bridgehead atoms. The van der Waals surface area contributed by atoms with Crippen LogP contribution in [0.3, 0.4) is 0 Å². The van der Waals surface area contributed by atoms with E-state index in [1.807, 2.05) is 26.8 Å². The lowest BCUT2D eigenvalue weighted by atomic mass is 9.87. The van der Waals surface area contributed by atoms with Crippen LogP contribution in [-0.2, 0) is 5.41 Å². The number of imidazole rings is 2. The maximum absolute atomic E-state index is 13.7. The van der Waals surface area contributed by atoms with Crippen LogP contribution in [0.4, 0.5) is 4.39 Å². The number of aryl methyl sites for hydroxylation is 1. The van der Waals surface area contributed by atoms with Gasteiger partial charge in [-0.1, -0.05) is 20.8 Å². The number of hydrogen-bond donors (Lipinski definition) is 1. The first-order chi connectivity index (χ1) is 17.8. The van der Waals surface area contributed by atoms with Crippen molar-refractivity contribution in [3.8, 4) is 11.3 Å². The monoisotopic (exact) mass is 517 g/mol. The summed E-state index contributed by atoms with van der Waals surface area (Å²) in [6.45, 7) is 13.1. The lowest BCUT2D eigenvalue weighted by Gasteiger charge is -2.46. The summed E-state index contributed by atoms with van der Waals surface area (Å²) in [4.78, 5) is 42.1. The van der Waals surface area contributed by atoms with E-state index in [0.717, 1.165) is 16.8 Å². The Hall–Kier alpha value is -4.08. The number of nitrogens with zero attached hydrogens (tertiary/aromatic N) is 6. The molecule has 1 fully saturated rings. The van der Waals surface area contributed by atoms with Crippen molar-refractivity contribution in [2.24, 2.45) is 0 Å². The van der Waals surface area contributed by atoms with Crippen LogP contribution in [0.5, 0.6) is 0 Å². The summed E-state index contributed by atoms with van der Waals surface area (Å²) in [5.41, 5.74) is 3.10. The molecule has 198 valence electrons. The second-order valence-corrected chi connectivity index (χ2v) is 11.5. The van der Waals surface area contributed by atoms with Crippen molar-refractivity contribution in [3.63, 3.8) is 0 Å². The fourth-order valence-corrected chi connectivity index (χ4v) is 4.91. The molecule has 0 aliphatic carbocycles. The predicted octanol–water partition coefficient (Wildman–Crippen LogP) is 4.24. The molecule has 4 aromatic rings. The summed E-state index contributed by atoms with van der Waals surface area (Å²) in [5, 5.41) is 4.70. The van der Waals surface area contributed by atoms with Gasteiger partial charge in [0, 0.05) is 37.0 Å². The Kier molecular flexibility index (Phi) is 6.08. The number of piperazine rings is 1. The van der Waals surface area contributed by atoms with Crippen LogP contribution >= 0.6 is 0 Å². The number of H-pyrrole nitrogens is 1. The van der Waals surface area contributed by atoms with Crippen LogP contribution in [-0.4, -0.2) is 71.4 Å². The van der Waals surface area contributed by atoms with Crippen molar-refractivity contribution >= 4 is 17.5 Å². The lowest BCUT2D eigenvalue weighted by molar-refractivity contribution is 0.0160. The molecule has 2 amide bonds. The van der Waals surface area contributed by atoms with E-state index in [4.69, 9.17) is 10.1 Å². The topological polar surface area (TPSA) is 99.5 Å². The van der Waals surface area contributed by atoms with Crippen LogP contribution in [0, 0.1) is 12.7 Å². The van der Waals surface area contributed by atoms with E-state index in [1.54, 1.807) is 38.8 Å². The standard InChI is InChI=1S/C28H32FN7O2/c1-17-14-30-23(31-17)26(38)34-11-12-35(28(5,6)16-34)25(37)22-15-36-24(32-22)20(27(2,3)4)13-21(33-36)18-7-9-19(29)10-8-18/h7-10,13-15H,11-12,16H2,1-6H3,(H,30,31). The highest BCUT2D eigenvalue weighted by Crippen LogP contribution is 2.31. The molecule has 9 nitrogen and oxygen atoms in total. The van der Waals surface area contributed by atoms with Crippen molar-refractivity contribution in [1.29, 1.82) is 0 Å². The third kappa shape index (κ3) is 4.66. The Balaban J connectivity index is 1.46. The molecule has 3 aromatic heterocycles. The van der Waals surface area contributed by atoms with Crippen molar-refractivity contribution in [1.82, 2.24) is 34.4 Å². The summed E-state index contributed by atoms with van der Waals surface area (Å²) in [7, 11) is 0. The van der Waals surface area contributed by atoms with Crippen molar-refractivity contribution in [2.45, 2.75) is 52.5 Å². The molecular weight excluding hydrogens is 485 g/mol. The molecule has 0 saturated carbocycles. The number of halogens is 1. The minimum absolute atomic E-state index is 0.182. The third-order valence-electron chi connectivity index (χ3n) is 6.94. The van der Waals surface area contributed by atoms with E-state index in [1.165, 1.54) is 12.1 Å². The van der Waals surface area contributed by atoms with Gasteiger partial charge in [0.05, 0.1) is 23.1 Å². The van der Waals surface area contributed by atoms with Crippen molar-refractivity contribution in [2.75, 3.05) is 19.6 Å². The summed E-state index contributed by atoms with van der Waals surface area (Å²) in [6.07, 6.45) is 3.35. The van der Waals surface area contributed by atoms with Gasteiger partial charge in [-0.15, -0.1) is 0 Å². The highest BCUT2D eigenvalue weighted by atomic mass is 19.1. The van der Waals surface area contributed by atoms with Gasteiger partial charge in [-0.2, -0.15) is 5.10 Å². The Morgan fingerprint density at radius 2 is 1.76 bits per heavy atom. The highest BCUT2D eigenvalue weighted by molar-refractivity contribution is 5.94. The number of fused-ring (bicyclic) bond motifs is 1. The molecule has 1 aliphatic heterocycles. The van der Waals surface area contributed by atoms with E-state index in [-0.39, 0.29) is 28.7 Å². The fraction of sp³-hybridized carbons (Fsp3) is 0.393. The minimum atomic E-state index is -0.623. The molecule has 4 heterocycles. The van der Waals surface area contributed by atoms with Crippen LogP contribution in [0.15, 0.2) is 42.7 Å². The predicted molar refractivity (Wildman–Crippen MR) is 141 cm³/mol. The van der Waals surface area contributed by atoms with Crippen LogP contribution in [0.25, 0.3) is 16.9 Å². The van der Waals surface area contributed by atoms with Crippen LogP contribution in [0.1, 0.15) is 67.0 Å². The van der Waals surface area contributed by atoms with E-state index in [0.29, 0.717) is 36.8 Å².